The molecular formula is C22H30O2. The summed E-state index contributed by atoms with van der Waals surface area (Å²) in [6.45, 7) is 4.41. The molecule has 2 heteroatoms. The van der Waals surface area contributed by atoms with Gasteiger partial charge in [0, 0.05) is 23.7 Å². The molecule has 24 heavy (non-hydrogen) atoms. The van der Waals surface area contributed by atoms with E-state index >= 15 is 0 Å². The second kappa shape index (κ2) is 5.61. The van der Waals surface area contributed by atoms with Crippen LogP contribution >= 0.6 is 0 Å². The van der Waals surface area contributed by atoms with Crippen LogP contribution in [0.25, 0.3) is 0 Å². The molecule has 0 amide bonds. The van der Waals surface area contributed by atoms with Gasteiger partial charge in [0.15, 0.2) is 0 Å². The first-order chi connectivity index (χ1) is 11.5. The molecule has 4 aliphatic rings. The minimum Gasteiger partial charge on any atom is -0.501 e. The van der Waals surface area contributed by atoms with Crippen molar-refractivity contribution in [2.75, 3.05) is 7.11 Å². The van der Waals surface area contributed by atoms with Gasteiger partial charge in [0.25, 0.3) is 0 Å². The van der Waals surface area contributed by atoms with Crippen LogP contribution in [0.2, 0.25) is 0 Å². The average Bonchev–Trinajstić information content (AvgIpc) is 2.90. The van der Waals surface area contributed by atoms with Crippen molar-refractivity contribution in [2.45, 2.75) is 58.8 Å². The molecule has 4 aliphatic carbocycles. The van der Waals surface area contributed by atoms with Gasteiger partial charge in [-0.15, -0.1) is 0 Å². The van der Waals surface area contributed by atoms with Crippen LogP contribution in [-0.2, 0) is 9.53 Å². The molecule has 0 aliphatic heterocycles. The number of rotatable bonds is 2. The highest BCUT2D eigenvalue weighted by Gasteiger charge is 2.58. The zero-order valence-electron chi connectivity index (χ0n) is 15.3. The molecular weight excluding hydrogens is 296 g/mol. The third-order valence-electron chi connectivity index (χ3n) is 7.78. The second-order valence-electron chi connectivity index (χ2n) is 8.55. The number of methoxy groups -OCH3 is 1. The van der Waals surface area contributed by atoms with Gasteiger partial charge in [-0.25, -0.2) is 0 Å². The number of carbonyl (C=O) groups is 1. The van der Waals surface area contributed by atoms with Crippen LogP contribution in [0.1, 0.15) is 58.8 Å². The van der Waals surface area contributed by atoms with Gasteiger partial charge >= 0.3 is 0 Å². The topological polar surface area (TPSA) is 26.3 Å². The summed E-state index contributed by atoms with van der Waals surface area (Å²) in [5, 5.41) is 0. The van der Waals surface area contributed by atoms with Crippen molar-refractivity contribution < 1.29 is 9.53 Å². The first-order valence-corrected chi connectivity index (χ1v) is 9.67. The molecule has 0 heterocycles. The van der Waals surface area contributed by atoms with Crippen molar-refractivity contribution in [3.8, 4) is 0 Å². The van der Waals surface area contributed by atoms with Crippen molar-refractivity contribution in [1.29, 1.82) is 0 Å². The molecule has 2 nitrogen and oxygen atoms in total. The lowest BCUT2D eigenvalue weighted by Crippen LogP contribution is -2.49. The number of hydrogen-bond acceptors (Lipinski definition) is 2. The molecule has 0 aromatic heterocycles. The quantitative estimate of drug-likeness (QED) is 0.651. The van der Waals surface area contributed by atoms with Gasteiger partial charge in [-0.2, -0.15) is 0 Å². The number of ether oxygens (including phenoxy) is 1. The van der Waals surface area contributed by atoms with Gasteiger partial charge in [-0.1, -0.05) is 25.2 Å². The molecule has 0 spiro atoms. The minimum absolute atomic E-state index is 0.0359. The number of Topliss-reactive ketones (excluding diaryl/α,β-unsaturated/α-hetero) is 1. The van der Waals surface area contributed by atoms with E-state index < -0.39 is 0 Å². The normalized spacial score (nSPS) is 44.5. The third-order valence-corrected chi connectivity index (χ3v) is 7.78. The zero-order valence-corrected chi connectivity index (χ0v) is 15.3. The highest BCUT2D eigenvalue weighted by atomic mass is 16.5. The van der Waals surface area contributed by atoms with Crippen molar-refractivity contribution in [1.82, 2.24) is 0 Å². The lowest BCUT2D eigenvalue weighted by Gasteiger charge is -2.55. The first-order valence-electron chi connectivity index (χ1n) is 9.67. The van der Waals surface area contributed by atoms with E-state index in [9.17, 15) is 4.79 Å². The molecule has 0 aromatic rings. The molecule has 2 fully saturated rings. The van der Waals surface area contributed by atoms with Gasteiger partial charge in [-0.3, -0.25) is 4.79 Å². The van der Waals surface area contributed by atoms with Gasteiger partial charge in [-0.05, 0) is 68.4 Å². The minimum atomic E-state index is -0.0359. The van der Waals surface area contributed by atoms with Crippen LogP contribution < -0.4 is 0 Å². The van der Waals surface area contributed by atoms with E-state index in [-0.39, 0.29) is 10.8 Å². The molecule has 0 radical (unpaired) electrons. The van der Waals surface area contributed by atoms with Crippen LogP contribution in [0.5, 0.6) is 0 Å². The Morgan fingerprint density at radius 2 is 2.04 bits per heavy atom. The maximum atomic E-state index is 12.5. The number of ketones is 1. The van der Waals surface area contributed by atoms with E-state index in [1.807, 2.05) is 0 Å². The molecule has 130 valence electrons. The molecule has 0 unspecified atom stereocenters. The number of carbonyl (C=O) groups excluding carboxylic acids is 1. The van der Waals surface area contributed by atoms with Crippen LogP contribution in [0, 0.1) is 28.6 Å². The summed E-state index contributed by atoms with van der Waals surface area (Å²) in [7, 11) is 1.79. The monoisotopic (exact) mass is 326 g/mol. The van der Waals surface area contributed by atoms with E-state index in [4.69, 9.17) is 4.74 Å². The number of hydrogen-bond donors (Lipinski definition) is 0. The highest BCUT2D eigenvalue weighted by Crippen LogP contribution is 2.64. The molecule has 0 bridgehead atoms. The standard InChI is InChI=1S/C22H30O2/c1-4-11-22-13-9-16(24-3)14-15(22)5-6-17-18-7-8-20(23)21(18,2)12-10-19(17)22/h4-5,11,14,17-19H,6-10,12-13H2,1-3H3/t17-,18-,19-,21-,22-/m0/s1. The number of fused-ring (bicyclic) bond motifs is 5. The van der Waals surface area contributed by atoms with Gasteiger partial charge < -0.3 is 4.74 Å². The highest BCUT2D eigenvalue weighted by molar-refractivity contribution is 5.87. The van der Waals surface area contributed by atoms with E-state index in [0.29, 0.717) is 23.5 Å². The fourth-order valence-electron chi connectivity index (χ4n) is 6.55. The van der Waals surface area contributed by atoms with E-state index in [2.05, 4.69) is 38.2 Å². The molecule has 5 atom stereocenters. The fraction of sp³-hybridized carbons (Fsp3) is 0.682. The second-order valence-corrected chi connectivity index (χ2v) is 8.55. The van der Waals surface area contributed by atoms with Gasteiger partial charge in [0.1, 0.15) is 5.78 Å². The summed E-state index contributed by atoms with van der Waals surface area (Å²) < 4.78 is 5.55. The van der Waals surface area contributed by atoms with Gasteiger partial charge in [0.05, 0.1) is 12.9 Å². The van der Waals surface area contributed by atoms with Crippen molar-refractivity contribution >= 4 is 5.78 Å². The lowest BCUT2D eigenvalue weighted by molar-refractivity contribution is -0.131. The lowest BCUT2D eigenvalue weighted by atomic mass is 9.48. The van der Waals surface area contributed by atoms with Crippen LogP contribution in [-0.4, -0.2) is 12.9 Å². The molecule has 4 rings (SSSR count). The maximum absolute atomic E-state index is 12.5. The smallest absolute Gasteiger partial charge is 0.139 e. The zero-order chi connectivity index (χ0) is 16.9. The van der Waals surface area contributed by atoms with E-state index in [1.54, 1.807) is 7.11 Å². The Morgan fingerprint density at radius 3 is 2.79 bits per heavy atom. The fourth-order valence-corrected chi connectivity index (χ4v) is 6.55. The van der Waals surface area contributed by atoms with E-state index in [0.717, 1.165) is 44.3 Å². The van der Waals surface area contributed by atoms with Crippen LogP contribution in [0.4, 0.5) is 0 Å². The average molecular weight is 326 g/mol. The Hall–Kier alpha value is -1.31. The SMILES string of the molecule is CC=C[C@]12CCC(OC)=CC1=CC[C@@H]1[C@@H]2CC[C@]2(C)C(=O)CC[C@@H]12. The summed E-state index contributed by atoms with van der Waals surface area (Å²) in [5.41, 5.74) is 1.61. The van der Waals surface area contributed by atoms with Crippen molar-refractivity contribution in [3.63, 3.8) is 0 Å². The Balaban J connectivity index is 1.76. The first kappa shape index (κ1) is 16.2. The van der Waals surface area contributed by atoms with Gasteiger partial charge in [0.2, 0.25) is 0 Å². The molecule has 0 N–H and O–H groups in total. The molecule has 0 aromatic carbocycles. The summed E-state index contributed by atoms with van der Waals surface area (Å²) in [6, 6.07) is 0. The summed E-state index contributed by atoms with van der Waals surface area (Å²) in [6.07, 6.45) is 17.0. The molecule has 2 saturated carbocycles. The Labute approximate surface area is 146 Å². The maximum Gasteiger partial charge on any atom is 0.139 e. The Bertz CT molecular complexity index is 640. The summed E-state index contributed by atoms with van der Waals surface area (Å²) >= 11 is 0. The summed E-state index contributed by atoms with van der Waals surface area (Å²) in [4.78, 5) is 12.5. The van der Waals surface area contributed by atoms with Crippen molar-refractivity contribution in [2.24, 2.45) is 28.6 Å². The van der Waals surface area contributed by atoms with Crippen molar-refractivity contribution in [3.05, 3.63) is 35.6 Å². The third kappa shape index (κ3) is 2.04. The largest absolute Gasteiger partial charge is 0.501 e. The van der Waals surface area contributed by atoms with E-state index in [1.165, 1.54) is 12.0 Å². The predicted octanol–water partition coefficient (Wildman–Crippen LogP) is 5.21. The Kier molecular flexibility index (Phi) is 3.78. The molecule has 0 saturated heterocycles. The number of allylic oxidation sites excluding steroid dienone is 6. The summed E-state index contributed by atoms with van der Waals surface area (Å²) in [5.74, 6) is 3.61. The van der Waals surface area contributed by atoms with Crippen LogP contribution in [0.15, 0.2) is 35.6 Å². The predicted molar refractivity (Wildman–Crippen MR) is 96.3 cm³/mol. The Morgan fingerprint density at radius 1 is 1.21 bits per heavy atom. The van der Waals surface area contributed by atoms with Crippen LogP contribution in [0.3, 0.4) is 0 Å².